The first kappa shape index (κ1) is 19.2. The van der Waals surface area contributed by atoms with Crippen LogP contribution in [0.2, 0.25) is 0 Å². The van der Waals surface area contributed by atoms with E-state index in [0.29, 0.717) is 12.3 Å². The second-order valence-corrected chi connectivity index (χ2v) is 7.32. The number of ether oxygens (including phenoxy) is 1. The number of methoxy groups -OCH3 is 1. The van der Waals surface area contributed by atoms with Crippen LogP contribution in [0.4, 0.5) is 5.82 Å². The minimum Gasteiger partial charge on any atom is -0.481 e. The van der Waals surface area contributed by atoms with Gasteiger partial charge in [0.2, 0.25) is 11.8 Å². The number of fused-ring (bicyclic) bond motifs is 1. The molecule has 0 saturated carbocycles. The van der Waals surface area contributed by atoms with E-state index in [2.05, 4.69) is 15.0 Å². The Morgan fingerprint density at radius 2 is 2.21 bits per heavy atom. The minimum atomic E-state index is 0.213. The van der Waals surface area contributed by atoms with E-state index < -0.39 is 0 Å². The molecule has 1 fully saturated rings. The predicted octanol–water partition coefficient (Wildman–Crippen LogP) is 2.64. The second-order valence-electron chi connectivity index (χ2n) is 7.32. The van der Waals surface area contributed by atoms with E-state index in [-0.39, 0.29) is 11.9 Å². The Balaban J connectivity index is 1.61. The Kier molecular flexibility index (Phi) is 5.33. The topological polar surface area (TPSA) is 75.9 Å². The van der Waals surface area contributed by atoms with Gasteiger partial charge in [0, 0.05) is 44.5 Å². The number of carbonyl (C=O) groups is 1. The lowest BCUT2D eigenvalue weighted by atomic mass is 10.1. The third kappa shape index (κ3) is 3.62. The van der Waals surface area contributed by atoms with Gasteiger partial charge in [-0.25, -0.2) is 14.5 Å². The third-order valence-electron chi connectivity index (χ3n) is 5.50. The number of pyridine rings is 1. The molecule has 1 saturated heterocycles. The van der Waals surface area contributed by atoms with Crippen molar-refractivity contribution in [3.63, 3.8) is 0 Å². The average Bonchev–Trinajstić information content (AvgIpc) is 3.40. The van der Waals surface area contributed by atoms with Crippen molar-refractivity contribution in [2.45, 2.75) is 32.2 Å². The summed E-state index contributed by atoms with van der Waals surface area (Å²) < 4.78 is 7.17. The molecule has 0 aliphatic carbocycles. The lowest BCUT2D eigenvalue weighted by Gasteiger charge is -2.25. The number of hydrogen-bond donors (Lipinski definition) is 0. The summed E-state index contributed by atoms with van der Waals surface area (Å²) in [7, 11) is 3.52. The molecule has 0 unspecified atom stereocenters. The van der Waals surface area contributed by atoms with Crippen LogP contribution < -0.4 is 9.64 Å². The molecule has 29 heavy (non-hydrogen) atoms. The average molecular weight is 394 g/mol. The van der Waals surface area contributed by atoms with E-state index >= 15 is 0 Å². The summed E-state index contributed by atoms with van der Waals surface area (Å²) in [6, 6.07) is 6.02. The summed E-state index contributed by atoms with van der Waals surface area (Å²) >= 11 is 0. The molecule has 152 valence electrons. The number of aromatic nitrogens is 4. The smallest absolute Gasteiger partial charge is 0.222 e. The molecule has 1 aliphatic heterocycles. The Bertz CT molecular complexity index is 1020. The molecule has 0 N–H and O–H groups in total. The Hall–Kier alpha value is -3.16. The van der Waals surface area contributed by atoms with Crippen molar-refractivity contribution in [1.82, 2.24) is 24.5 Å². The number of likely N-dealkylation sites (N-methyl/N-ethyl adjacent to an activating group) is 1. The van der Waals surface area contributed by atoms with Crippen LogP contribution in [0.25, 0.3) is 16.8 Å². The third-order valence-corrected chi connectivity index (χ3v) is 5.50. The van der Waals surface area contributed by atoms with E-state index in [4.69, 9.17) is 9.72 Å². The van der Waals surface area contributed by atoms with Crippen LogP contribution in [-0.2, 0) is 4.79 Å². The van der Waals surface area contributed by atoms with Crippen molar-refractivity contribution in [3.05, 3.63) is 36.8 Å². The Morgan fingerprint density at radius 3 is 3.00 bits per heavy atom. The molecular weight excluding hydrogens is 368 g/mol. The van der Waals surface area contributed by atoms with Gasteiger partial charge in [-0.2, -0.15) is 5.10 Å². The van der Waals surface area contributed by atoms with Crippen LogP contribution in [-0.4, -0.2) is 63.7 Å². The SMILES string of the molecule is CCCC(=O)N(C)[C@H]1CCN(c2ccn3ncc(-c4cccnc4OC)c3n2)C1. The number of amides is 1. The zero-order chi connectivity index (χ0) is 20.4. The van der Waals surface area contributed by atoms with Gasteiger partial charge in [-0.1, -0.05) is 6.92 Å². The molecule has 3 aromatic heterocycles. The lowest BCUT2D eigenvalue weighted by molar-refractivity contribution is -0.131. The van der Waals surface area contributed by atoms with Gasteiger partial charge >= 0.3 is 0 Å². The summed E-state index contributed by atoms with van der Waals surface area (Å²) in [6.45, 7) is 3.69. The van der Waals surface area contributed by atoms with Crippen molar-refractivity contribution in [2.75, 3.05) is 32.1 Å². The largest absolute Gasteiger partial charge is 0.481 e. The molecule has 3 aromatic rings. The number of anilines is 1. The van der Waals surface area contributed by atoms with Crippen molar-refractivity contribution in [1.29, 1.82) is 0 Å². The highest BCUT2D eigenvalue weighted by Gasteiger charge is 2.29. The Labute approximate surface area is 170 Å². The zero-order valence-corrected chi connectivity index (χ0v) is 17.1. The predicted molar refractivity (Wildman–Crippen MR) is 111 cm³/mol. The lowest BCUT2D eigenvalue weighted by Crippen LogP contribution is -2.39. The van der Waals surface area contributed by atoms with Crippen LogP contribution in [0.15, 0.2) is 36.8 Å². The molecule has 0 radical (unpaired) electrons. The van der Waals surface area contributed by atoms with Crippen LogP contribution in [0, 0.1) is 0 Å². The summed E-state index contributed by atoms with van der Waals surface area (Å²) in [5.41, 5.74) is 2.49. The maximum atomic E-state index is 12.2. The Morgan fingerprint density at radius 1 is 1.34 bits per heavy atom. The number of rotatable bonds is 6. The molecule has 8 heteroatoms. The van der Waals surface area contributed by atoms with Crippen molar-refractivity contribution < 1.29 is 9.53 Å². The van der Waals surface area contributed by atoms with Gasteiger partial charge in [0.25, 0.3) is 0 Å². The van der Waals surface area contributed by atoms with Gasteiger partial charge in [-0.05, 0) is 31.0 Å². The van der Waals surface area contributed by atoms with Gasteiger partial charge in [0.15, 0.2) is 5.65 Å². The molecule has 1 atom stereocenters. The van der Waals surface area contributed by atoms with Crippen molar-refractivity contribution in [3.8, 4) is 17.0 Å². The highest BCUT2D eigenvalue weighted by molar-refractivity contribution is 5.80. The van der Waals surface area contributed by atoms with E-state index in [1.807, 2.05) is 43.3 Å². The first-order valence-corrected chi connectivity index (χ1v) is 9.96. The van der Waals surface area contributed by atoms with E-state index in [1.165, 1.54) is 0 Å². The number of nitrogens with zero attached hydrogens (tertiary/aromatic N) is 6. The van der Waals surface area contributed by atoms with E-state index in [9.17, 15) is 4.79 Å². The second kappa shape index (κ2) is 8.06. The fourth-order valence-corrected chi connectivity index (χ4v) is 3.84. The molecule has 0 spiro atoms. The van der Waals surface area contributed by atoms with Crippen molar-refractivity contribution in [2.24, 2.45) is 0 Å². The fourth-order valence-electron chi connectivity index (χ4n) is 3.84. The summed E-state index contributed by atoms with van der Waals surface area (Å²) in [5, 5.41) is 4.42. The van der Waals surface area contributed by atoms with Crippen LogP contribution in [0.5, 0.6) is 5.88 Å². The maximum absolute atomic E-state index is 12.2. The summed E-state index contributed by atoms with van der Waals surface area (Å²) in [6.07, 6.45) is 7.83. The minimum absolute atomic E-state index is 0.213. The van der Waals surface area contributed by atoms with Crippen LogP contribution in [0.1, 0.15) is 26.2 Å². The monoisotopic (exact) mass is 394 g/mol. The fraction of sp³-hybridized carbons (Fsp3) is 0.429. The number of carbonyl (C=O) groups excluding carboxylic acids is 1. The van der Waals surface area contributed by atoms with Crippen molar-refractivity contribution >= 4 is 17.4 Å². The van der Waals surface area contributed by atoms with Gasteiger partial charge in [-0.3, -0.25) is 4.79 Å². The molecule has 4 heterocycles. The first-order chi connectivity index (χ1) is 14.1. The molecular formula is C21H26N6O2. The summed E-state index contributed by atoms with van der Waals surface area (Å²) in [4.78, 5) is 25.5. The first-order valence-electron chi connectivity index (χ1n) is 9.96. The molecule has 1 amide bonds. The maximum Gasteiger partial charge on any atom is 0.222 e. The van der Waals surface area contributed by atoms with Gasteiger partial charge in [0.1, 0.15) is 5.82 Å². The number of hydrogen-bond acceptors (Lipinski definition) is 6. The zero-order valence-electron chi connectivity index (χ0n) is 17.1. The van der Waals surface area contributed by atoms with Gasteiger partial charge in [-0.15, -0.1) is 0 Å². The molecule has 4 rings (SSSR count). The quantitative estimate of drug-likeness (QED) is 0.640. The summed E-state index contributed by atoms with van der Waals surface area (Å²) in [5.74, 6) is 1.65. The van der Waals surface area contributed by atoms with E-state index in [1.54, 1.807) is 24.0 Å². The highest BCUT2D eigenvalue weighted by atomic mass is 16.5. The van der Waals surface area contributed by atoms with E-state index in [0.717, 1.165) is 48.5 Å². The molecule has 8 nitrogen and oxygen atoms in total. The standard InChI is InChI=1S/C21H26N6O2/c1-4-6-19(28)25(2)15-8-11-26(14-15)18-9-12-27-20(24-18)17(13-23-27)16-7-5-10-22-21(16)29-3/h5,7,9-10,12-13,15H,4,6,8,11,14H2,1-3H3/t15-/m0/s1. The molecule has 0 aromatic carbocycles. The van der Waals surface area contributed by atoms with Gasteiger partial charge in [0.05, 0.1) is 24.9 Å². The van der Waals surface area contributed by atoms with Crippen LogP contribution in [0.3, 0.4) is 0 Å². The highest BCUT2D eigenvalue weighted by Crippen LogP contribution is 2.31. The van der Waals surface area contributed by atoms with Crippen LogP contribution >= 0.6 is 0 Å². The van der Waals surface area contributed by atoms with Gasteiger partial charge < -0.3 is 14.5 Å². The normalized spacial score (nSPS) is 16.4. The molecule has 1 aliphatic rings. The molecule has 0 bridgehead atoms.